The Kier molecular flexibility index (Phi) is 2.34. The molecule has 0 aliphatic rings. The fraction of sp³-hybridized carbons (Fsp3) is 0.0769. The Morgan fingerprint density at radius 3 is 2.88 bits per heavy atom. The summed E-state index contributed by atoms with van der Waals surface area (Å²) in [6, 6.07) is 10.00. The van der Waals surface area contributed by atoms with Crippen molar-refractivity contribution in [1.29, 1.82) is 0 Å². The van der Waals surface area contributed by atoms with Crippen molar-refractivity contribution in [1.82, 2.24) is 14.8 Å². The Bertz CT molecular complexity index is 657. The third-order valence-corrected chi connectivity index (χ3v) is 2.81. The number of fused-ring (bicyclic) bond motifs is 1. The van der Waals surface area contributed by atoms with Crippen molar-refractivity contribution >= 4 is 10.9 Å². The first-order valence-corrected chi connectivity index (χ1v) is 5.46. The predicted octanol–water partition coefficient (Wildman–Crippen LogP) is 1.88. The summed E-state index contributed by atoms with van der Waals surface area (Å²) in [6.45, 7) is 0.478. The molecule has 0 spiro atoms. The van der Waals surface area contributed by atoms with E-state index < -0.39 is 0 Å². The van der Waals surface area contributed by atoms with Gasteiger partial charge in [-0.1, -0.05) is 18.2 Å². The van der Waals surface area contributed by atoms with Gasteiger partial charge in [0.25, 0.3) is 0 Å². The summed E-state index contributed by atoms with van der Waals surface area (Å²) in [5.41, 5.74) is 8.77. The fourth-order valence-electron chi connectivity index (χ4n) is 1.94. The summed E-state index contributed by atoms with van der Waals surface area (Å²) in [5.74, 6) is 0. The van der Waals surface area contributed by atoms with Crippen LogP contribution in [0.5, 0.6) is 0 Å². The molecule has 2 aromatic heterocycles. The monoisotopic (exact) mass is 224 g/mol. The van der Waals surface area contributed by atoms with E-state index in [0.717, 1.165) is 22.2 Å². The van der Waals surface area contributed by atoms with Gasteiger partial charge in [0, 0.05) is 18.1 Å². The van der Waals surface area contributed by atoms with Gasteiger partial charge in [0.05, 0.1) is 23.6 Å². The van der Waals surface area contributed by atoms with Crippen LogP contribution in [0.4, 0.5) is 0 Å². The number of hydrogen-bond acceptors (Lipinski definition) is 3. The van der Waals surface area contributed by atoms with Gasteiger partial charge in [-0.15, -0.1) is 0 Å². The van der Waals surface area contributed by atoms with E-state index in [0.29, 0.717) is 6.54 Å². The van der Waals surface area contributed by atoms with Crippen molar-refractivity contribution in [2.24, 2.45) is 5.73 Å². The van der Waals surface area contributed by atoms with E-state index in [2.05, 4.69) is 10.1 Å². The maximum atomic E-state index is 5.73. The summed E-state index contributed by atoms with van der Waals surface area (Å²) in [6.07, 6.45) is 5.39. The summed E-state index contributed by atoms with van der Waals surface area (Å²) in [4.78, 5) is 4.14. The molecule has 0 aliphatic carbocycles. The molecule has 3 aromatic rings. The van der Waals surface area contributed by atoms with Crippen LogP contribution in [0.15, 0.2) is 48.9 Å². The summed E-state index contributed by atoms with van der Waals surface area (Å²) in [7, 11) is 0. The second kappa shape index (κ2) is 3.99. The molecule has 0 bridgehead atoms. The lowest BCUT2D eigenvalue weighted by Crippen LogP contribution is -2.05. The van der Waals surface area contributed by atoms with Crippen molar-refractivity contribution in [2.45, 2.75) is 6.54 Å². The van der Waals surface area contributed by atoms with E-state index in [-0.39, 0.29) is 0 Å². The first kappa shape index (κ1) is 9.99. The molecule has 2 N–H and O–H groups in total. The highest BCUT2D eigenvalue weighted by Crippen LogP contribution is 2.19. The van der Waals surface area contributed by atoms with Crippen LogP contribution in [0.3, 0.4) is 0 Å². The zero-order valence-electron chi connectivity index (χ0n) is 9.24. The van der Waals surface area contributed by atoms with Crippen LogP contribution in [0.2, 0.25) is 0 Å². The second-order valence-electron chi connectivity index (χ2n) is 3.82. The zero-order chi connectivity index (χ0) is 11.7. The van der Waals surface area contributed by atoms with Crippen molar-refractivity contribution in [2.75, 3.05) is 0 Å². The SMILES string of the molecule is NCc1ccncc1-n1ncc2ccccc21. The van der Waals surface area contributed by atoms with Crippen LogP contribution in [-0.4, -0.2) is 14.8 Å². The molecule has 0 amide bonds. The average molecular weight is 224 g/mol. The molecule has 4 nitrogen and oxygen atoms in total. The Labute approximate surface area is 98.7 Å². The van der Waals surface area contributed by atoms with Crippen LogP contribution in [0, 0.1) is 0 Å². The fourth-order valence-corrected chi connectivity index (χ4v) is 1.94. The third-order valence-electron chi connectivity index (χ3n) is 2.81. The van der Waals surface area contributed by atoms with Gasteiger partial charge in [-0.25, -0.2) is 4.68 Å². The highest BCUT2D eigenvalue weighted by Gasteiger charge is 2.07. The number of pyridine rings is 1. The molecule has 0 atom stereocenters. The maximum Gasteiger partial charge on any atom is 0.0880 e. The summed E-state index contributed by atoms with van der Waals surface area (Å²) >= 11 is 0. The normalized spacial score (nSPS) is 10.9. The topological polar surface area (TPSA) is 56.7 Å². The van der Waals surface area contributed by atoms with E-state index in [9.17, 15) is 0 Å². The molecule has 0 unspecified atom stereocenters. The minimum absolute atomic E-state index is 0.478. The highest BCUT2D eigenvalue weighted by molar-refractivity contribution is 5.80. The maximum absolute atomic E-state index is 5.73. The smallest absolute Gasteiger partial charge is 0.0880 e. The number of nitrogens with zero attached hydrogens (tertiary/aromatic N) is 3. The molecular weight excluding hydrogens is 212 g/mol. The van der Waals surface area contributed by atoms with Gasteiger partial charge in [-0.2, -0.15) is 5.10 Å². The number of rotatable bonds is 2. The van der Waals surface area contributed by atoms with Crippen LogP contribution in [0.1, 0.15) is 5.56 Å². The van der Waals surface area contributed by atoms with E-state index in [4.69, 9.17) is 5.73 Å². The molecule has 1 aromatic carbocycles. The molecule has 0 fully saturated rings. The number of aromatic nitrogens is 3. The lowest BCUT2D eigenvalue weighted by molar-refractivity contribution is 0.876. The largest absolute Gasteiger partial charge is 0.326 e. The number of hydrogen-bond donors (Lipinski definition) is 1. The van der Waals surface area contributed by atoms with Crippen molar-refractivity contribution in [3.8, 4) is 5.69 Å². The van der Waals surface area contributed by atoms with E-state index in [1.807, 2.05) is 41.2 Å². The molecule has 4 heteroatoms. The Morgan fingerprint density at radius 1 is 1.12 bits per heavy atom. The Hall–Kier alpha value is -2.20. The molecular formula is C13H12N4. The quantitative estimate of drug-likeness (QED) is 0.723. The van der Waals surface area contributed by atoms with E-state index in [1.165, 1.54) is 0 Å². The molecule has 84 valence electrons. The molecule has 3 rings (SSSR count). The molecule has 0 saturated heterocycles. The first-order chi connectivity index (χ1) is 8.40. The number of benzene rings is 1. The predicted molar refractivity (Wildman–Crippen MR) is 66.8 cm³/mol. The van der Waals surface area contributed by atoms with Crippen LogP contribution in [-0.2, 0) is 6.54 Å². The summed E-state index contributed by atoms with van der Waals surface area (Å²) < 4.78 is 1.88. The van der Waals surface area contributed by atoms with Gasteiger partial charge in [0.15, 0.2) is 0 Å². The number of nitrogens with two attached hydrogens (primary N) is 1. The van der Waals surface area contributed by atoms with Gasteiger partial charge < -0.3 is 5.73 Å². The van der Waals surface area contributed by atoms with Gasteiger partial charge in [0.1, 0.15) is 0 Å². The van der Waals surface area contributed by atoms with Crippen molar-refractivity contribution in [3.05, 3.63) is 54.5 Å². The van der Waals surface area contributed by atoms with Crippen LogP contribution in [0.25, 0.3) is 16.6 Å². The molecule has 17 heavy (non-hydrogen) atoms. The van der Waals surface area contributed by atoms with E-state index in [1.54, 1.807) is 12.4 Å². The molecule has 2 heterocycles. The van der Waals surface area contributed by atoms with Crippen molar-refractivity contribution in [3.63, 3.8) is 0 Å². The minimum atomic E-state index is 0.478. The first-order valence-electron chi connectivity index (χ1n) is 5.46. The van der Waals surface area contributed by atoms with Gasteiger partial charge in [-0.05, 0) is 17.7 Å². The lowest BCUT2D eigenvalue weighted by atomic mass is 10.2. The summed E-state index contributed by atoms with van der Waals surface area (Å²) in [5, 5.41) is 5.51. The zero-order valence-corrected chi connectivity index (χ0v) is 9.24. The highest BCUT2D eigenvalue weighted by atomic mass is 15.3. The minimum Gasteiger partial charge on any atom is -0.326 e. The van der Waals surface area contributed by atoms with Gasteiger partial charge in [0.2, 0.25) is 0 Å². The van der Waals surface area contributed by atoms with Crippen molar-refractivity contribution < 1.29 is 0 Å². The Balaban J connectivity index is 2.27. The lowest BCUT2D eigenvalue weighted by Gasteiger charge is -2.07. The number of para-hydroxylation sites is 1. The van der Waals surface area contributed by atoms with Gasteiger partial charge >= 0.3 is 0 Å². The third kappa shape index (κ3) is 1.59. The van der Waals surface area contributed by atoms with Crippen LogP contribution >= 0.6 is 0 Å². The molecule has 0 aliphatic heterocycles. The average Bonchev–Trinajstić information content (AvgIpc) is 2.82. The second-order valence-corrected chi connectivity index (χ2v) is 3.82. The molecule has 0 radical (unpaired) electrons. The van der Waals surface area contributed by atoms with E-state index >= 15 is 0 Å². The molecule has 0 saturated carbocycles. The standard InChI is InChI=1S/C13H12N4/c14-7-10-5-6-15-9-13(10)17-12-4-2-1-3-11(12)8-16-17/h1-6,8-9H,7,14H2. The Morgan fingerprint density at radius 2 is 2.00 bits per heavy atom. The van der Waals surface area contributed by atoms with Crippen LogP contribution < -0.4 is 5.73 Å². The van der Waals surface area contributed by atoms with Gasteiger partial charge in [-0.3, -0.25) is 4.98 Å².